The van der Waals surface area contributed by atoms with Crippen LogP contribution in [-0.2, 0) is 6.54 Å². The van der Waals surface area contributed by atoms with E-state index in [2.05, 4.69) is 46.0 Å². The van der Waals surface area contributed by atoms with Crippen molar-refractivity contribution in [2.75, 3.05) is 19.6 Å². The van der Waals surface area contributed by atoms with Gasteiger partial charge in [-0.3, -0.25) is 0 Å². The largest absolute Gasteiger partial charge is 0.390 e. The average molecular weight is 258 g/mol. The van der Waals surface area contributed by atoms with E-state index in [1.54, 1.807) is 0 Å². The summed E-state index contributed by atoms with van der Waals surface area (Å²) in [6.45, 7) is 3.77. The predicted octanol–water partition coefficient (Wildman–Crippen LogP) is 2.49. The first kappa shape index (κ1) is 12.7. The summed E-state index contributed by atoms with van der Waals surface area (Å²) >= 11 is 0. The lowest BCUT2D eigenvalue weighted by atomic mass is 10.1. The Balaban J connectivity index is 1.63. The lowest BCUT2D eigenvalue weighted by Crippen LogP contribution is -2.37. The zero-order valence-corrected chi connectivity index (χ0v) is 11.3. The molecule has 1 fully saturated rings. The van der Waals surface area contributed by atoms with Gasteiger partial charge in [0.2, 0.25) is 0 Å². The minimum Gasteiger partial charge on any atom is -0.390 e. The zero-order valence-electron chi connectivity index (χ0n) is 11.3. The van der Waals surface area contributed by atoms with E-state index in [0.29, 0.717) is 6.54 Å². The summed E-state index contributed by atoms with van der Waals surface area (Å²) in [7, 11) is 0. The fourth-order valence-corrected chi connectivity index (χ4v) is 3.02. The molecule has 1 aromatic heterocycles. The number of aliphatic hydroxyl groups is 1. The summed E-state index contributed by atoms with van der Waals surface area (Å²) in [6.07, 6.45) is 5.69. The van der Waals surface area contributed by atoms with Crippen LogP contribution in [0.1, 0.15) is 19.3 Å². The van der Waals surface area contributed by atoms with Gasteiger partial charge in [-0.15, -0.1) is 0 Å². The van der Waals surface area contributed by atoms with Gasteiger partial charge in [-0.25, -0.2) is 0 Å². The molecule has 1 saturated heterocycles. The third-order valence-electron chi connectivity index (χ3n) is 4.01. The van der Waals surface area contributed by atoms with Gasteiger partial charge in [-0.2, -0.15) is 0 Å². The number of fused-ring (bicyclic) bond motifs is 1. The normalized spacial score (nSPS) is 18.8. The van der Waals surface area contributed by atoms with Crippen LogP contribution in [0.2, 0.25) is 0 Å². The van der Waals surface area contributed by atoms with Gasteiger partial charge in [0, 0.05) is 24.8 Å². The van der Waals surface area contributed by atoms with Gasteiger partial charge in [-0.05, 0) is 43.5 Å². The number of aromatic nitrogens is 1. The highest BCUT2D eigenvalue weighted by molar-refractivity contribution is 5.79. The Labute approximate surface area is 114 Å². The maximum absolute atomic E-state index is 10.3. The van der Waals surface area contributed by atoms with E-state index in [1.807, 2.05) is 0 Å². The van der Waals surface area contributed by atoms with Crippen LogP contribution in [0.15, 0.2) is 36.5 Å². The third-order valence-corrected chi connectivity index (χ3v) is 4.01. The van der Waals surface area contributed by atoms with Crippen molar-refractivity contribution in [2.45, 2.75) is 31.9 Å². The number of nitrogens with zero attached hydrogens (tertiary/aromatic N) is 2. The number of rotatable bonds is 4. The average Bonchev–Trinajstić information content (AvgIpc) is 2.83. The highest BCUT2D eigenvalue weighted by atomic mass is 16.3. The fourth-order valence-electron chi connectivity index (χ4n) is 3.02. The van der Waals surface area contributed by atoms with Crippen molar-refractivity contribution in [1.82, 2.24) is 9.47 Å². The number of benzene rings is 1. The van der Waals surface area contributed by atoms with E-state index >= 15 is 0 Å². The van der Waals surface area contributed by atoms with Crippen LogP contribution >= 0.6 is 0 Å². The Morgan fingerprint density at radius 2 is 1.79 bits per heavy atom. The van der Waals surface area contributed by atoms with E-state index in [0.717, 1.165) is 19.6 Å². The van der Waals surface area contributed by atoms with Crippen LogP contribution in [0.4, 0.5) is 0 Å². The van der Waals surface area contributed by atoms with Crippen molar-refractivity contribution >= 4 is 10.9 Å². The van der Waals surface area contributed by atoms with Gasteiger partial charge in [-0.1, -0.05) is 24.6 Å². The molecule has 0 saturated carbocycles. The Hall–Kier alpha value is -1.32. The maximum atomic E-state index is 10.3. The monoisotopic (exact) mass is 258 g/mol. The topological polar surface area (TPSA) is 28.4 Å². The van der Waals surface area contributed by atoms with Crippen LogP contribution in [0.5, 0.6) is 0 Å². The summed E-state index contributed by atoms with van der Waals surface area (Å²) in [5.41, 5.74) is 1.21. The molecule has 0 aliphatic carbocycles. The number of β-amino-alcohol motifs (C(OH)–C–C–N with tert-alkyl or cyclic N) is 1. The first-order chi connectivity index (χ1) is 9.33. The van der Waals surface area contributed by atoms with E-state index in [4.69, 9.17) is 0 Å². The van der Waals surface area contributed by atoms with Crippen molar-refractivity contribution in [1.29, 1.82) is 0 Å². The molecule has 0 bridgehead atoms. The lowest BCUT2D eigenvalue weighted by Gasteiger charge is -2.28. The van der Waals surface area contributed by atoms with E-state index in [9.17, 15) is 5.11 Å². The molecular weight excluding hydrogens is 236 g/mol. The molecule has 102 valence electrons. The molecule has 1 aliphatic rings. The van der Waals surface area contributed by atoms with Crippen molar-refractivity contribution in [3.05, 3.63) is 36.5 Å². The van der Waals surface area contributed by atoms with Gasteiger partial charge in [0.25, 0.3) is 0 Å². The van der Waals surface area contributed by atoms with Crippen LogP contribution in [-0.4, -0.2) is 40.3 Å². The Bertz CT molecular complexity index is 528. The van der Waals surface area contributed by atoms with Crippen LogP contribution in [0.25, 0.3) is 10.9 Å². The molecule has 2 heterocycles. The van der Waals surface area contributed by atoms with Gasteiger partial charge in [0.1, 0.15) is 0 Å². The molecule has 3 heteroatoms. The van der Waals surface area contributed by atoms with E-state index in [1.165, 1.54) is 30.2 Å². The van der Waals surface area contributed by atoms with Crippen LogP contribution < -0.4 is 0 Å². The van der Waals surface area contributed by atoms with Gasteiger partial charge in [0.15, 0.2) is 0 Å². The highest BCUT2D eigenvalue weighted by Crippen LogP contribution is 2.16. The first-order valence-electron chi connectivity index (χ1n) is 7.27. The molecule has 0 spiro atoms. The fraction of sp³-hybridized carbons (Fsp3) is 0.500. The molecule has 1 aliphatic heterocycles. The standard InChI is InChI=1S/C16H22N2O/c19-15(12-17-9-4-1-5-10-17)13-18-11-8-14-6-2-3-7-16(14)18/h2-3,6-8,11,15,19H,1,4-5,9-10,12-13H2/t15-/m1/s1. The number of hydrogen-bond acceptors (Lipinski definition) is 2. The molecule has 2 aromatic rings. The molecule has 3 nitrogen and oxygen atoms in total. The summed E-state index contributed by atoms with van der Waals surface area (Å²) in [4.78, 5) is 2.39. The number of para-hydroxylation sites is 1. The second-order valence-corrected chi connectivity index (χ2v) is 5.54. The molecule has 3 rings (SSSR count). The van der Waals surface area contributed by atoms with Gasteiger partial charge < -0.3 is 14.6 Å². The third kappa shape index (κ3) is 2.99. The molecule has 0 radical (unpaired) electrons. The maximum Gasteiger partial charge on any atom is 0.0845 e. The molecule has 1 aromatic carbocycles. The molecule has 0 unspecified atom stereocenters. The lowest BCUT2D eigenvalue weighted by molar-refractivity contribution is 0.0893. The van der Waals surface area contributed by atoms with Crippen LogP contribution in [0, 0.1) is 0 Å². The van der Waals surface area contributed by atoms with Crippen molar-refractivity contribution in [3.8, 4) is 0 Å². The predicted molar refractivity (Wildman–Crippen MR) is 78.2 cm³/mol. The minimum atomic E-state index is -0.283. The molecule has 19 heavy (non-hydrogen) atoms. The minimum absolute atomic E-state index is 0.283. The number of hydrogen-bond donors (Lipinski definition) is 1. The second kappa shape index (κ2) is 5.76. The highest BCUT2D eigenvalue weighted by Gasteiger charge is 2.15. The number of piperidine rings is 1. The summed E-state index contributed by atoms with van der Waals surface area (Å²) < 4.78 is 2.16. The quantitative estimate of drug-likeness (QED) is 0.912. The van der Waals surface area contributed by atoms with Gasteiger partial charge >= 0.3 is 0 Å². The molecule has 1 N–H and O–H groups in total. The molecule has 1 atom stereocenters. The molecular formula is C16H22N2O. The van der Waals surface area contributed by atoms with Gasteiger partial charge in [0.05, 0.1) is 6.10 Å². The Morgan fingerprint density at radius 1 is 1.00 bits per heavy atom. The first-order valence-corrected chi connectivity index (χ1v) is 7.27. The molecule has 0 amide bonds. The SMILES string of the molecule is O[C@H](CN1CCCCC1)Cn1ccc2ccccc21. The Morgan fingerprint density at radius 3 is 2.63 bits per heavy atom. The van der Waals surface area contributed by atoms with Crippen molar-refractivity contribution < 1.29 is 5.11 Å². The van der Waals surface area contributed by atoms with E-state index in [-0.39, 0.29) is 6.10 Å². The van der Waals surface area contributed by atoms with Crippen molar-refractivity contribution in [3.63, 3.8) is 0 Å². The summed E-state index contributed by atoms with van der Waals surface area (Å²) in [5.74, 6) is 0. The van der Waals surface area contributed by atoms with Crippen LogP contribution in [0.3, 0.4) is 0 Å². The van der Waals surface area contributed by atoms with Crippen molar-refractivity contribution in [2.24, 2.45) is 0 Å². The Kier molecular flexibility index (Phi) is 3.85. The van der Waals surface area contributed by atoms with E-state index < -0.39 is 0 Å². The summed E-state index contributed by atoms with van der Waals surface area (Å²) in [5, 5.41) is 11.5. The number of aliphatic hydroxyl groups excluding tert-OH is 1. The zero-order chi connectivity index (χ0) is 13.1. The summed E-state index contributed by atoms with van der Waals surface area (Å²) in [6, 6.07) is 10.4. The number of likely N-dealkylation sites (tertiary alicyclic amines) is 1. The smallest absolute Gasteiger partial charge is 0.0845 e. The second-order valence-electron chi connectivity index (χ2n) is 5.54.